The second-order valence-corrected chi connectivity index (χ2v) is 2.65. The third-order valence-corrected chi connectivity index (χ3v) is 1.92. The van der Waals surface area contributed by atoms with Crippen LogP contribution in [0.25, 0.3) is 0 Å². The van der Waals surface area contributed by atoms with E-state index in [1.54, 1.807) is 12.1 Å². The molecule has 4 nitrogen and oxygen atoms in total. The lowest BCUT2D eigenvalue weighted by Crippen LogP contribution is -2.33. The van der Waals surface area contributed by atoms with Gasteiger partial charge in [0.1, 0.15) is 11.8 Å². The van der Waals surface area contributed by atoms with Crippen molar-refractivity contribution in [1.82, 2.24) is 0 Å². The van der Waals surface area contributed by atoms with Crippen molar-refractivity contribution >= 4 is 11.6 Å². The van der Waals surface area contributed by atoms with Crippen LogP contribution in [0.3, 0.4) is 0 Å². The van der Waals surface area contributed by atoms with Gasteiger partial charge < -0.3 is 0 Å². The molecule has 60 valence electrons. The Kier molecular flexibility index (Phi) is 2.21. The molecule has 1 saturated carbocycles. The quantitative estimate of drug-likeness (QED) is 0.509. The Morgan fingerprint density at radius 1 is 1.00 bits per heavy atom. The first-order valence-corrected chi connectivity index (χ1v) is 3.55. The summed E-state index contributed by atoms with van der Waals surface area (Å²) < 4.78 is 0. The van der Waals surface area contributed by atoms with Crippen molar-refractivity contribution in [3.63, 3.8) is 0 Å². The molecule has 0 aliphatic heterocycles. The maximum atomic E-state index is 11.0. The van der Waals surface area contributed by atoms with Crippen LogP contribution >= 0.6 is 0 Å². The monoisotopic (exact) mass is 162 g/mol. The van der Waals surface area contributed by atoms with Crippen LogP contribution in [-0.4, -0.2) is 11.6 Å². The molecule has 0 heterocycles. The van der Waals surface area contributed by atoms with E-state index in [1.165, 1.54) is 0 Å². The van der Waals surface area contributed by atoms with E-state index in [9.17, 15) is 9.59 Å². The highest BCUT2D eigenvalue weighted by molar-refractivity contribution is 5.99. The molecule has 4 heteroatoms. The van der Waals surface area contributed by atoms with E-state index < -0.39 is 11.8 Å². The molecule has 0 amide bonds. The molecule has 0 aromatic carbocycles. The number of carbonyl (C=O) groups is 2. The lowest BCUT2D eigenvalue weighted by Gasteiger charge is -2.17. The zero-order valence-electron chi connectivity index (χ0n) is 6.28. The SMILES string of the molecule is N#CC1C(=O)CCC(=O)C1C#N. The van der Waals surface area contributed by atoms with Gasteiger partial charge in [-0.2, -0.15) is 10.5 Å². The summed E-state index contributed by atoms with van der Waals surface area (Å²) in [7, 11) is 0. The first-order valence-electron chi connectivity index (χ1n) is 3.55. The van der Waals surface area contributed by atoms with Crippen LogP contribution in [0.1, 0.15) is 12.8 Å². The van der Waals surface area contributed by atoms with Gasteiger partial charge in [-0.15, -0.1) is 0 Å². The molecule has 0 spiro atoms. The molecule has 0 aromatic rings. The van der Waals surface area contributed by atoms with E-state index in [0.29, 0.717) is 0 Å². The van der Waals surface area contributed by atoms with Gasteiger partial charge in [0.2, 0.25) is 0 Å². The lowest BCUT2D eigenvalue weighted by atomic mass is 9.79. The number of rotatable bonds is 0. The topological polar surface area (TPSA) is 81.7 Å². The molecule has 2 atom stereocenters. The minimum absolute atomic E-state index is 0.106. The van der Waals surface area contributed by atoms with Gasteiger partial charge in [0.05, 0.1) is 12.1 Å². The number of nitriles is 2. The Labute approximate surface area is 69.4 Å². The number of hydrogen-bond donors (Lipinski definition) is 0. The van der Waals surface area contributed by atoms with Crippen LogP contribution in [0.5, 0.6) is 0 Å². The molecule has 1 aliphatic carbocycles. The maximum absolute atomic E-state index is 11.0. The Morgan fingerprint density at radius 2 is 1.33 bits per heavy atom. The fourth-order valence-electron chi connectivity index (χ4n) is 1.22. The van der Waals surface area contributed by atoms with Gasteiger partial charge in [0.25, 0.3) is 0 Å². The number of Topliss-reactive ketones (excluding diaryl/α,β-unsaturated/α-hetero) is 2. The predicted molar refractivity (Wildman–Crippen MR) is 37.5 cm³/mol. The van der Waals surface area contributed by atoms with Crippen LogP contribution in [0, 0.1) is 34.5 Å². The summed E-state index contributed by atoms with van der Waals surface area (Å²) >= 11 is 0. The number of nitrogens with zero attached hydrogens (tertiary/aromatic N) is 2. The zero-order chi connectivity index (χ0) is 9.14. The van der Waals surface area contributed by atoms with Crippen molar-refractivity contribution in [3.05, 3.63) is 0 Å². The molecule has 0 bridgehead atoms. The van der Waals surface area contributed by atoms with Gasteiger partial charge in [0.15, 0.2) is 11.6 Å². The fraction of sp³-hybridized carbons (Fsp3) is 0.500. The molecule has 0 aromatic heterocycles. The van der Waals surface area contributed by atoms with E-state index in [4.69, 9.17) is 10.5 Å². The normalized spacial score (nSPS) is 29.2. The van der Waals surface area contributed by atoms with E-state index in [-0.39, 0.29) is 24.4 Å². The third-order valence-electron chi connectivity index (χ3n) is 1.92. The number of ketones is 2. The summed E-state index contributed by atoms with van der Waals surface area (Å²) in [6.07, 6.45) is 0.213. The van der Waals surface area contributed by atoms with Crippen LogP contribution < -0.4 is 0 Å². The summed E-state index contributed by atoms with van der Waals surface area (Å²) in [6.45, 7) is 0. The lowest BCUT2D eigenvalue weighted by molar-refractivity contribution is -0.133. The van der Waals surface area contributed by atoms with Gasteiger partial charge in [-0.3, -0.25) is 9.59 Å². The van der Waals surface area contributed by atoms with Crippen molar-refractivity contribution in [3.8, 4) is 12.1 Å². The molecular weight excluding hydrogens is 156 g/mol. The Morgan fingerprint density at radius 3 is 1.58 bits per heavy atom. The van der Waals surface area contributed by atoms with Crippen molar-refractivity contribution in [2.75, 3.05) is 0 Å². The molecular formula is C8H6N2O2. The Balaban J connectivity index is 2.93. The van der Waals surface area contributed by atoms with E-state index in [2.05, 4.69) is 0 Å². The van der Waals surface area contributed by atoms with Crippen molar-refractivity contribution in [2.24, 2.45) is 11.8 Å². The molecule has 1 aliphatic rings. The van der Waals surface area contributed by atoms with Crippen LogP contribution in [0.2, 0.25) is 0 Å². The molecule has 12 heavy (non-hydrogen) atoms. The van der Waals surface area contributed by atoms with Crippen LogP contribution in [0.15, 0.2) is 0 Å². The van der Waals surface area contributed by atoms with E-state index >= 15 is 0 Å². The number of hydrogen-bond acceptors (Lipinski definition) is 4. The largest absolute Gasteiger partial charge is 0.298 e. The van der Waals surface area contributed by atoms with Crippen LogP contribution in [0.4, 0.5) is 0 Å². The molecule has 0 radical (unpaired) electrons. The highest BCUT2D eigenvalue weighted by Gasteiger charge is 2.37. The van der Waals surface area contributed by atoms with Gasteiger partial charge in [-0.05, 0) is 0 Å². The van der Waals surface area contributed by atoms with Gasteiger partial charge >= 0.3 is 0 Å². The van der Waals surface area contributed by atoms with E-state index in [1.807, 2.05) is 0 Å². The van der Waals surface area contributed by atoms with E-state index in [0.717, 1.165) is 0 Å². The summed E-state index contributed by atoms with van der Waals surface area (Å²) in [5.41, 5.74) is 0. The zero-order valence-corrected chi connectivity index (χ0v) is 6.28. The summed E-state index contributed by atoms with van der Waals surface area (Å²) in [5.74, 6) is -2.64. The van der Waals surface area contributed by atoms with Crippen molar-refractivity contribution in [2.45, 2.75) is 12.8 Å². The maximum Gasteiger partial charge on any atom is 0.152 e. The molecule has 1 fully saturated rings. The minimum Gasteiger partial charge on any atom is -0.298 e. The highest BCUT2D eigenvalue weighted by Crippen LogP contribution is 2.23. The van der Waals surface area contributed by atoms with Crippen molar-refractivity contribution in [1.29, 1.82) is 10.5 Å². The predicted octanol–water partition coefficient (Wildman–Crippen LogP) is 0.198. The average Bonchev–Trinajstić information content (AvgIpc) is 2.08. The average molecular weight is 162 g/mol. The molecule has 2 unspecified atom stereocenters. The molecule has 1 rings (SSSR count). The Bertz CT molecular complexity index is 276. The smallest absolute Gasteiger partial charge is 0.152 e. The first-order chi connectivity index (χ1) is 5.70. The summed E-state index contributed by atoms with van der Waals surface area (Å²) in [6, 6.07) is 3.38. The first kappa shape index (κ1) is 8.42. The number of carbonyl (C=O) groups excluding carboxylic acids is 2. The minimum atomic E-state index is -1.03. The summed E-state index contributed by atoms with van der Waals surface area (Å²) in [4.78, 5) is 22.0. The second kappa shape index (κ2) is 3.15. The molecule has 0 saturated heterocycles. The van der Waals surface area contributed by atoms with Gasteiger partial charge in [0, 0.05) is 12.8 Å². The van der Waals surface area contributed by atoms with Crippen molar-refractivity contribution < 1.29 is 9.59 Å². The molecule has 0 N–H and O–H groups in total. The second-order valence-electron chi connectivity index (χ2n) is 2.65. The summed E-state index contributed by atoms with van der Waals surface area (Å²) in [5, 5.41) is 17.0. The third kappa shape index (κ3) is 1.19. The fourth-order valence-corrected chi connectivity index (χ4v) is 1.22. The van der Waals surface area contributed by atoms with Crippen LogP contribution in [-0.2, 0) is 9.59 Å². The van der Waals surface area contributed by atoms with Gasteiger partial charge in [-0.25, -0.2) is 0 Å². The standard InChI is InChI=1S/C8H6N2O2/c9-3-5-6(4-10)8(12)2-1-7(5)11/h5-6H,1-2H2. The Hall–Kier alpha value is -1.68. The highest BCUT2D eigenvalue weighted by atomic mass is 16.1. The van der Waals surface area contributed by atoms with Gasteiger partial charge in [-0.1, -0.05) is 0 Å².